The Balaban J connectivity index is 2.69. The molecule has 0 aromatic carbocycles. The van der Waals surface area contributed by atoms with Crippen LogP contribution in [0.3, 0.4) is 0 Å². The highest BCUT2D eigenvalue weighted by Gasteiger charge is 2.34. The van der Waals surface area contributed by atoms with Gasteiger partial charge in [-0.1, -0.05) is 18.9 Å². The van der Waals surface area contributed by atoms with Gasteiger partial charge in [-0.2, -0.15) is 0 Å². The van der Waals surface area contributed by atoms with Gasteiger partial charge in [0.2, 0.25) is 0 Å². The smallest absolute Gasteiger partial charge is 0.331 e. The van der Waals surface area contributed by atoms with E-state index < -0.39 is 11.6 Å². The van der Waals surface area contributed by atoms with Gasteiger partial charge in [0.05, 0.1) is 5.92 Å². The molecule has 1 fully saturated rings. The van der Waals surface area contributed by atoms with Crippen LogP contribution in [0.25, 0.3) is 0 Å². The summed E-state index contributed by atoms with van der Waals surface area (Å²) < 4.78 is 5.20. The number of carboxylic acids is 1. The summed E-state index contributed by atoms with van der Waals surface area (Å²) in [4.78, 5) is 22.7. The van der Waals surface area contributed by atoms with Crippen LogP contribution in [0.2, 0.25) is 0 Å². The molecule has 2 unspecified atom stereocenters. The molecule has 0 aliphatic heterocycles. The van der Waals surface area contributed by atoms with E-state index in [1.807, 2.05) is 27.7 Å². The van der Waals surface area contributed by atoms with Crippen molar-refractivity contribution >= 4 is 11.9 Å². The van der Waals surface area contributed by atoms with Crippen LogP contribution in [0.4, 0.5) is 0 Å². The quantitative estimate of drug-likeness (QED) is 0.621. The molecule has 2 atom stereocenters. The molecule has 0 amide bonds. The lowest BCUT2D eigenvalue weighted by molar-refractivity contribution is -0.148. The summed E-state index contributed by atoms with van der Waals surface area (Å²) in [5.74, 6) is -1.37. The van der Waals surface area contributed by atoms with Gasteiger partial charge < -0.3 is 9.84 Å². The molecule has 102 valence electrons. The number of esters is 1. The lowest BCUT2D eigenvalue weighted by Gasteiger charge is -2.18. The molecule has 0 spiro atoms. The monoisotopic (exact) mass is 254 g/mol. The predicted molar refractivity (Wildman–Crippen MR) is 68.1 cm³/mol. The molecular formula is C14H22O4. The average molecular weight is 254 g/mol. The Morgan fingerprint density at radius 3 is 2.39 bits per heavy atom. The number of hydrogen-bond donors (Lipinski definition) is 1. The first-order valence-corrected chi connectivity index (χ1v) is 6.38. The third-order valence-electron chi connectivity index (χ3n) is 3.15. The Labute approximate surface area is 108 Å². The van der Waals surface area contributed by atoms with Crippen molar-refractivity contribution in [3.8, 4) is 0 Å². The fraction of sp³-hybridized carbons (Fsp3) is 0.714. The molecule has 0 bridgehead atoms. The summed E-state index contributed by atoms with van der Waals surface area (Å²) in [6.07, 6.45) is 3.44. The summed E-state index contributed by atoms with van der Waals surface area (Å²) in [6, 6.07) is 0. The van der Waals surface area contributed by atoms with E-state index >= 15 is 0 Å². The number of carbonyl (C=O) groups excluding carboxylic acids is 1. The summed E-state index contributed by atoms with van der Waals surface area (Å²) in [5.41, 5.74) is 0.381. The van der Waals surface area contributed by atoms with Crippen LogP contribution in [-0.4, -0.2) is 22.6 Å². The van der Waals surface area contributed by atoms with E-state index in [4.69, 9.17) is 9.84 Å². The fourth-order valence-electron chi connectivity index (χ4n) is 2.35. The van der Waals surface area contributed by atoms with Gasteiger partial charge in [-0.15, -0.1) is 0 Å². The molecule has 1 rings (SSSR count). The van der Waals surface area contributed by atoms with E-state index in [1.54, 1.807) is 0 Å². The van der Waals surface area contributed by atoms with Gasteiger partial charge in [0.1, 0.15) is 5.60 Å². The molecule has 0 radical (unpaired) electrons. The van der Waals surface area contributed by atoms with Crippen LogP contribution >= 0.6 is 0 Å². The lowest BCUT2D eigenvalue weighted by atomic mass is 9.94. The largest absolute Gasteiger partial charge is 0.481 e. The zero-order valence-electron chi connectivity index (χ0n) is 11.5. The van der Waals surface area contributed by atoms with E-state index in [1.165, 1.54) is 6.08 Å². The van der Waals surface area contributed by atoms with Crippen molar-refractivity contribution in [1.29, 1.82) is 0 Å². The second-order valence-electron chi connectivity index (χ2n) is 5.86. The van der Waals surface area contributed by atoms with E-state index in [2.05, 4.69) is 0 Å². The summed E-state index contributed by atoms with van der Waals surface area (Å²) in [6.45, 7) is 7.42. The molecule has 4 heteroatoms. The maximum absolute atomic E-state index is 11.6. The SMILES string of the molecule is CCC1C/C(=C\C(=O)OC(C)(C)C)CC1C(=O)O. The van der Waals surface area contributed by atoms with Crippen molar-refractivity contribution in [1.82, 2.24) is 0 Å². The molecule has 0 heterocycles. The number of hydrogen-bond acceptors (Lipinski definition) is 3. The highest BCUT2D eigenvalue weighted by Crippen LogP contribution is 2.38. The number of allylic oxidation sites excluding steroid dienone is 1. The van der Waals surface area contributed by atoms with Gasteiger partial charge in [0.25, 0.3) is 0 Å². The zero-order valence-corrected chi connectivity index (χ0v) is 11.5. The maximum Gasteiger partial charge on any atom is 0.331 e. The van der Waals surface area contributed by atoms with Gasteiger partial charge in [-0.3, -0.25) is 4.79 Å². The second kappa shape index (κ2) is 5.55. The molecular weight excluding hydrogens is 232 g/mol. The first kappa shape index (κ1) is 14.7. The van der Waals surface area contributed by atoms with Crippen LogP contribution in [-0.2, 0) is 14.3 Å². The van der Waals surface area contributed by atoms with Gasteiger partial charge in [-0.05, 0) is 39.5 Å². The first-order chi connectivity index (χ1) is 8.23. The second-order valence-corrected chi connectivity index (χ2v) is 5.86. The van der Waals surface area contributed by atoms with E-state index in [0.29, 0.717) is 12.8 Å². The molecule has 18 heavy (non-hydrogen) atoms. The third-order valence-corrected chi connectivity index (χ3v) is 3.15. The molecule has 0 aromatic heterocycles. The summed E-state index contributed by atoms with van der Waals surface area (Å²) in [5, 5.41) is 9.11. The summed E-state index contributed by atoms with van der Waals surface area (Å²) in [7, 11) is 0. The number of carboxylic acid groups (broad SMARTS) is 1. The Morgan fingerprint density at radius 2 is 2.00 bits per heavy atom. The number of rotatable bonds is 3. The van der Waals surface area contributed by atoms with Crippen molar-refractivity contribution < 1.29 is 19.4 Å². The molecule has 1 N–H and O–H groups in total. The van der Waals surface area contributed by atoms with Gasteiger partial charge in [-0.25, -0.2) is 4.79 Å². The number of carbonyl (C=O) groups is 2. The minimum absolute atomic E-state index is 0.135. The number of ether oxygens (including phenoxy) is 1. The van der Waals surface area contributed by atoms with Crippen LogP contribution in [0.1, 0.15) is 47.0 Å². The van der Waals surface area contributed by atoms with E-state index in [-0.39, 0.29) is 17.8 Å². The highest BCUT2D eigenvalue weighted by atomic mass is 16.6. The lowest BCUT2D eigenvalue weighted by Crippen LogP contribution is -2.22. The first-order valence-electron chi connectivity index (χ1n) is 6.38. The Kier molecular flexibility index (Phi) is 4.54. The van der Waals surface area contributed by atoms with Crippen molar-refractivity contribution in [3.63, 3.8) is 0 Å². The molecule has 0 saturated heterocycles. The minimum Gasteiger partial charge on any atom is -0.481 e. The van der Waals surface area contributed by atoms with Crippen LogP contribution in [0, 0.1) is 11.8 Å². The van der Waals surface area contributed by atoms with Gasteiger partial charge in [0.15, 0.2) is 0 Å². The van der Waals surface area contributed by atoms with E-state index in [0.717, 1.165) is 12.0 Å². The standard InChI is InChI=1S/C14H22O4/c1-5-10-6-9(7-11(10)13(16)17)8-12(15)18-14(2,3)4/h8,10-11H,5-7H2,1-4H3,(H,16,17)/b9-8+. The van der Waals surface area contributed by atoms with Crippen LogP contribution in [0.15, 0.2) is 11.6 Å². The third kappa shape index (κ3) is 4.17. The summed E-state index contributed by atoms with van der Waals surface area (Å²) >= 11 is 0. The molecule has 1 aliphatic carbocycles. The van der Waals surface area contributed by atoms with Gasteiger partial charge in [0, 0.05) is 6.08 Å². The van der Waals surface area contributed by atoms with Crippen molar-refractivity contribution in [3.05, 3.63) is 11.6 Å². The maximum atomic E-state index is 11.6. The molecule has 0 aromatic rings. The predicted octanol–water partition coefficient (Wildman–Crippen LogP) is 2.78. The zero-order chi connectivity index (χ0) is 13.9. The Hall–Kier alpha value is -1.32. The Bertz CT molecular complexity index is 362. The Morgan fingerprint density at radius 1 is 1.39 bits per heavy atom. The molecule has 1 aliphatic rings. The van der Waals surface area contributed by atoms with Gasteiger partial charge >= 0.3 is 11.9 Å². The molecule has 1 saturated carbocycles. The minimum atomic E-state index is -0.769. The van der Waals surface area contributed by atoms with Crippen LogP contribution in [0.5, 0.6) is 0 Å². The topological polar surface area (TPSA) is 63.6 Å². The highest BCUT2D eigenvalue weighted by molar-refractivity contribution is 5.83. The van der Waals surface area contributed by atoms with Crippen molar-refractivity contribution in [2.75, 3.05) is 0 Å². The number of aliphatic carboxylic acids is 1. The van der Waals surface area contributed by atoms with Crippen LogP contribution < -0.4 is 0 Å². The van der Waals surface area contributed by atoms with E-state index in [9.17, 15) is 9.59 Å². The normalized spacial score (nSPS) is 26.3. The molecule has 4 nitrogen and oxygen atoms in total. The van der Waals surface area contributed by atoms with Crippen molar-refractivity contribution in [2.24, 2.45) is 11.8 Å². The fourth-order valence-corrected chi connectivity index (χ4v) is 2.35. The van der Waals surface area contributed by atoms with Crippen molar-refractivity contribution in [2.45, 2.75) is 52.6 Å². The average Bonchev–Trinajstić information content (AvgIpc) is 2.57.